The summed E-state index contributed by atoms with van der Waals surface area (Å²) < 4.78 is 11.5. The average molecular weight is 377 g/mol. The predicted molar refractivity (Wildman–Crippen MR) is 103 cm³/mol. The summed E-state index contributed by atoms with van der Waals surface area (Å²) in [6, 6.07) is 5.80. The predicted octanol–water partition coefficient (Wildman–Crippen LogP) is 4.04. The number of piperidine rings is 1. The SMILES string of the molecule is Cc1cc(CCC(=O)O)ccc1OCC1CCCN(C(=O)OC(C)(C)C)C1. The van der Waals surface area contributed by atoms with Gasteiger partial charge in [0, 0.05) is 25.4 Å². The number of aliphatic carboxylic acids is 1. The van der Waals surface area contributed by atoms with Gasteiger partial charge in [0.05, 0.1) is 6.61 Å². The highest BCUT2D eigenvalue weighted by Gasteiger charge is 2.28. The molecule has 1 unspecified atom stereocenters. The van der Waals surface area contributed by atoms with E-state index >= 15 is 0 Å². The van der Waals surface area contributed by atoms with E-state index in [1.54, 1.807) is 4.90 Å². The van der Waals surface area contributed by atoms with Crippen molar-refractivity contribution < 1.29 is 24.2 Å². The van der Waals surface area contributed by atoms with E-state index in [1.165, 1.54) is 0 Å². The van der Waals surface area contributed by atoms with Gasteiger partial charge in [0.1, 0.15) is 11.4 Å². The van der Waals surface area contributed by atoms with Gasteiger partial charge in [-0.25, -0.2) is 4.79 Å². The highest BCUT2D eigenvalue weighted by atomic mass is 16.6. The topological polar surface area (TPSA) is 76.1 Å². The van der Waals surface area contributed by atoms with E-state index in [2.05, 4.69) is 0 Å². The summed E-state index contributed by atoms with van der Waals surface area (Å²) in [4.78, 5) is 24.7. The Morgan fingerprint density at radius 3 is 2.67 bits per heavy atom. The lowest BCUT2D eigenvalue weighted by Crippen LogP contribution is -2.44. The summed E-state index contributed by atoms with van der Waals surface area (Å²) in [5.74, 6) is 0.292. The fraction of sp³-hybridized carbons (Fsp3) is 0.619. The quantitative estimate of drug-likeness (QED) is 0.810. The molecule has 0 radical (unpaired) electrons. The molecule has 6 nitrogen and oxygen atoms in total. The van der Waals surface area contributed by atoms with Gasteiger partial charge < -0.3 is 19.5 Å². The van der Waals surface area contributed by atoms with Crippen LogP contribution in [0, 0.1) is 12.8 Å². The summed E-state index contributed by atoms with van der Waals surface area (Å²) in [6.07, 6.45) is 2.35. The summed E-state index contributed by atoms with van der Waals surface area (Å²) in [7, 11) is 0. The molecular formula is C21H31NO5. The van der Waals surface area contributed by atoms with E-state index in [-0.39, 0.29) is 18.4 Å². The molecule has 0 aromatic heterocycles. The van der Waals surface area contributed by atoms with E-state index in [9.17, 15) is 9.59 Å². The molecule has 0 bridgehead atoms. The van der Waals surface area contributed by atoms with Crippen LogP contribution in [-0.2, 0) is 16.0 Å². The van der Waals surface area contributed by atoms with Crippen LogP contribution in [0.15, 0.2) is 18.2 Å². The van der Waals surface area contributed by atoms with Crippen LogP contribution in [0.3, 0.4) is 0 Å². The van der Waals surface area contributed by atoms with E-state index in [4.69, 9.17) is 14.6 Å². The third kappa shape index (κ3) is 7.12. The lowest BCUT2D eigenvalue weighted by atomic mass is 9.99. The van der Waals surface area contributed by atoms with Crippen molar-refractivity contribution in [2.24, 2.45) is 5.92 Å². The van der Waals surface area contributed by atoms with Crippen molar-refractivity contribution in [3.63, 3.8) is 0 Å². The van der Waals surface area contributed by atoms with Gasteiger partial charge in [-0.1, -0.05) is 12.1 Å². The van der Waals surface area contributed by atoms with Crippen molar-refractivity contribution in [2.75, 3.05) is 19.7 Å². The molecule has 0 saturated carbocycles. The average Bonchev–Trinajstić information content (AvgIpc) is 2.58. The number of nitrogens with zero attached hydrogens (tertiary/aromatic N) is 1. The largest absolute Gasteiger partial charge is 0.493 e. The number of carbonyl (C=O) groups excluding carboxylic acids is 1. The van der Waals surface area contributed by atoms with Gasteiger partial charge in [-0.05, 0) is 64.2 Å². The van der Waals surface area contributed by atoms with Crippen LogP contribution < -0.4 is 4.74 Å². The zero-order valence-corrected chi connectivity index (χ0v) is 16.8. The minimum Gasteiger partial charge on any atom is -0.493 e. The number of amides is 1. The van der Waals surface area contributed by atoms with Gasteiger partial charge in [0.2, 0.25) is 0 Å². The first-order valence-corrected chi connectivity index (χ1v) is 9.56. The van der Waals surface area contributed by atoms with Crippen molar-refractivity contribution in [3.05, 3.63) is 29.3 Å². The normalized spacial score (nSPS) is 17.5. The molecule has 1 atom stereocenters. The Kier molecular flexibility index (Phi) is 7.11. The van der Waals surface area contributed by atoms with Crippen molar-refractivity contribution >= 4 is 12.1 Å². The van der Waals surface area contributed by atoms with Crippen molar-refractivity contribution in [1.82, 2.24) is 4.90 Å². The second-order valence-corrected chi connectivity index (χ2v) is 8.24. The Hall–Kier alpha value is -2.24. The molecule has 1 amide bonds. The number of benzene rings is 1. The number of likely N-dealkylation sites (tertiary alicyclic amines) is 1. The molecule has 6 heteroatoms. The highest BCUT2D eigenvalue weighted by Crippen LogP contribution is 2.24. The first-order chi connectivity index (χ1) is 12.6. The van der Waals surface area contributed by atoms with Crippen LogP contribution in [-0.4, -0.2) is 47.4 Å². The lowest BCUT2D eigenvalue weighted by Gasteiger charge is -2.34. The Balaban J connectivity index is 1.86. The lowest BCUT2D eigenvalue weighted by molar-refractivity contribution is -0.136. The Morgan fingerprint density at radius 1 is 1.30 bits per heavy atom. The second-order valence-electron chi connectivity index (χ2n) is 8.24. The first kappa shape index (κ1) is 21.1. The van der Waals surface area contributed by atoms with Gasteiger partial charge >= 0.3 is 12.1 Å². The van der Waals surface area contributed by atoms with Crippen LogP contribution in [0.1, 0.15) is 51.2 Å². The smallest absolute Gasteiger partial charge is 0.410 e. The molecule has 150 valence electrons. The highest BCUT2D eigenvalue weighted by molar-refractivity contribution is 5.68. The maximum Gasteiger partial charge on any atom is 0.410 e. The van der Waals surface area contributed by atoms with Crippen LogP contribution in [0.4, 0.5) is 4.79 Å². The van der Waals surface area contributed by atoms with Crippen LogP contribution in [0.2, 0.25) is 0 Å². The fourth-order valence-corrected chi connectivity index (χ4v) is 3.18. The molecule has 1 saturated heterocycles. The third-order valence-corrected chi connectivity index (χ3v) is 4.51. The number of carbonyl (C=O) groups is 2. The molecule has 2 rings (SSSR count). The van der Waals surface area contributed by atoms with Gasteiger partial charge in [-0.3, -0.25) is 4.79 Å². The number of hydrogen-bond donors (Lipinski definition) is 1. The number of carboxylic acid groups (broad SMARTS) is 1. The molecule has 1 heterocycles. The number of carboxylic acids is 1. The monoisotopic (exact) mass is 377 g/mol. The van der Waals surface area contributed by atoms with E-state index in [0.29, 0.717) is 19.6 Å². The third-order valence-electron chi connectivity index (χ3n) is 4.51. The summed E-state index contributed by atoms with van der Waals surface area (Å²) in [6.45, 7) is 9.50. The molecular weight excluding hydrogens is 346 g/mol. The molecule has 0 spiro atoms. The van der Waals surface area contributed by atoms with E-state index in [0.717, 1.165) is 36.3 Å². The maximum atomic E-state index is 12.3. The maximum absolute atomic E-state index is 12.3. The summed E-state index contributed by atoms with van der Waals surface area (Å²) in [5.41, 5.74) is 1.51. The molecule has 1 aromatic rings. The van der Waals surface area contributed by atoms with Crippen molar-refractivity contribution in [1.29, 1.82) is 0 Å². The van der Waals surface area contributed by atoms with E-state index in [1.807, 2.05) is 45.9 Å². The molecule has 1 aliphatic rings. The molecule has 1 N–H and O–H groups in total. The van der Waals surface area contributed by atoms with Gasteiger partial charge in [0.15, 0.2) is 0 Å². The molecule has 0 aliphatic carbocycles. The molecule has 1 aromatic carbocycles. The number of rotatable bonds is 6. The Morgan fingerprint density at radius 2 is 2.04 bits per heavy atom. The fourth-order valence-electron chi connectivity index (χ4n) is 3.18. The minimum absolute atomic E-state index is 0.127. The second kappa shape index (κ2) is 9.11. The molecule has 1 aliphatic heterocycles. The van der Waals surface area contributed by atoms with Crippen LogP contribution in [0.5, 0.6) is 5.75 Å². The molecule has 27 heavy (non-hydrogen) atoms. The van der Waals surface area contributed by atoms with E-state index < -0.39 is 11.6 Å². The number of hydrogen-bond acceptors (Lipinski definition) is 4. The summed E-state index contributed by atoms with van der Waals surface area (Å²) >= 11 is 0. The zero-order valence-electron chi connectivity index (χ0n) is 16.8. The zero-order chi connectivity index (χ0) is 20.0. The Bertz CT molecular complexity index is 665. The van der Waals surface area contributed by atoms with Crippen molar-refractivity contribution in [2.45, 2.75) is 59.0 Å². The van der Waals surface area contributed by atoms with Crippen molar-refractivity contribution in [3.8, 4) is 5.75 Å². The summed E-state index contributed by atoms with van der Waals surface area (Å²) in [5, 5.41) is 8.79. The number of ether oxygens (including phenoxy) is 2. The standard InChI is InChI=1S/C21H31NO5/c1-15-12-16(8-10-19(23)24)7-9-18(15)26-14-17-6-5-11-22(13-17)20(25)27-21(2,3)4/h7,9,12,17H,5-6,8,10-11,13-14H2,1-4H3,(H,23,24). The first-order valence-electron chi connectivity index (χ1n) is 9.56. The molecule has 1 fully saturated rings. The number of aryl methyl sites for hydroxylation is 2. The minimum atomic E-state index is -0.792. The van der Waals surface area contributed by atoms with Gasteiger partial charge in [-0.2, -0.15) is 0 Å². The van der Waals surface area contributed by atoms with Gasteiger partial charge in [-0.15, -0.1) is 0 Å². The van der Waals surface area contributed by atoms with Crippen LogP contribution >= 0.6 is 0 Å². The Labute approximate surface area is 161 Å². The van der Waals surface area contributed by atoms with Crippen LogP contribution in [0.25, 0.3) is 0 Å². The van der Waals surface area contributed by atoms with Gasteiger partial charge in [0.25, 0.3) is 0 Å².